The van der Waals surface area contributed by atoms with Gasteiger partial charge >= 0.3 is 0 Å². The fraction of sp³-hybridized carbons (Fsp3) is 0.188. The second kappa shape index (κ2) is 5.77. The summed E-state index contributed by atoms with van der Waals surface area (Å²) >= 11 is 3.41. The zero-order valence-electron chi connectivity index (χ0n) is 11.1. The van der Waals surface area contributed by atoms with Gasteiger partial charge in [0.1, 0.15) is 17.4 Å². The Balaban J connectivity index is 2.03. The summed E-state index contributed by atoms with van der Waals surface area (Å²) in [4.78, 5) is 4.47. The second-order valence-electron chi connectivity index (χ2n) is 4.58. The van der Waals surface area contributed by atoms with Crippen LogP contribution in [-0.4, -0.2) is 11.5 Å². The zero-order valence-corrected chi connectivity index (χ0v) is 12.7. The molecule has 0 fully saturated rings. The highest BCUT2D eigenvalue weighted by atomic mass is 79.9. The summed E-state index contributed by atoms with van der Waals surface area (Å²) in [6.45, 7) is 2.92. The molecule has 2 heterocycles. The van der Waals surface area contributed by atoms with E-state index in [1.54, 1.807) is 0 Å². The number of pyridine rings is 1. The average molecular weight is 331 g/mol. The summed E-state index contributed by atoms with van der Waals surface area (Å²) in [5, 5.41) is 4.54. The molecule has 3 rings (SSSR count). The molecule has 1 unspecified atom stereocenters. The number of fused-ring (bicyclic) bond motifs is 1. The fourth-order valence-electron chi connectivity index (χ4n) is 2.26. The van der Waals surface area contributed by atoms with Gasteiger partial charge in [-0.2, -0.15) is 0 Å². The average Bonchev–Trinajstić information content (AvgIpc) is 2.89. The molecule has 20 heavy (non-hydrogen) atoms. The first-order valence-corrected chi connectivity index (χ1v) is 7.40. The van der Waals surface area contributed by atoms with Crippen molar-refractivity contribution in [1.82, 2.24) is 10.3 Å². The quantitative estimate of drug-likeness (QED) is 0.775. The number of nitrogens with one attached hydrogen (secondary N) is 1. The molecule has 3 nitrogen and oxygen atoms in total. The van der Waals surface area contributed by atoms with E-state index < -0.39 is 0 Å². The minimum atomic E-state index is -0.0273. The van der Waals surface area contributed by atoms with Crippen molar-refractivity contribution in [3.63, 3.8) is 0 Å². The molecule has 2 aromatic heterocycles. The van der Waals surface area contributed by atoms with Crippen molar-refractivity contribution in [1.29, 1.82) is 0 Å². The Morgan fingerprint density at radius 2 is 2.10 bits per heavy atom. The van der Waals surface area contributed by atoms with Crippen LogP contribution in [0.25, 0.3) is 11.0 Å². The SMILES string of the molecule is CCNC(c1ccc(Br)cn1)c1cc2ccccc2o1. The van der Waals surface area contributed by atoms with Gasteiger partial charge in [-0.25, -0.2) is 0 Å². The lowest BCUT2D eigenvalue weighted by molar-refractivity contribution is 0.471. The summed E-state index contributed by atoms with van der Waals surface area (Å²) in [6.07, 6.45) is 1.81. The van der Waals surface area contributed by atoms with Gasteiger partial charge in [-0.05, 0) is 46.7 Å². The van der Waals surface area contributed by atoms with Crippen LogP contribution in [0.15, 0.2) is 57.6 Å². The van der Waals surface area contributed by atoms with Crippen LogP contribution < -0.4 is 5.32 Å². The number of aromatic nitrogens is 1. The lowest BCUT2D eigenvalue weighted by Crippen LogP contribution is -2.22. The molecule has 0 saturated carbocycles. The molecule has 4 heteroatoms. The molecule has 1 N–H and O–H groups in total. The third-order valence-electron chi connectivity index (χ3n) is 3.18. The van der Waals surface area contributed by atoms with Crippen LogP contribution in [0.1, 0.15) is 24.4 Å². The Morgan fingerprint density at radius 3 is 2.80 bits per heavy atom. The maximum Gasteiger partial charge on any atom is 0.134 e. The summed E-state index contributed by atoms with van der Waals surface area (Å²) in [5.41, 5.74) is 1.86. The largest absolute Gasteiger partial charge is 0.459 e. The smallest absolute Gasteiger partial charge is 0.134 e. The Kier molecular flexibility index (Phi) is 3.85. The number of rotatable bonds is 4. The highest BCUT2D eigenvalue weighted by molar-refractivity contribution is 9.10. The van der Waals surface area contributed by atoms with Gasteiger partial charge in [0.15, 0.2) is 0 Å². The van der Waals surface area contributed by atoms with Crippen molar-refractivity contribution in [2.45, 2.75) is 13.0 Å². The molecule has 102 valence electrons. The van der Waals surface area contributed by atoms with Gasteiger partial charge in [0.2, 0.25) is 0 Å². The summed E-state index contributed by atoms with van der Waals surface area (Å²) in [6, 6.07) is 14.1. The van der Waals surface area contributed by atoms with Crippen LogP contribution >= 0.6 is 15.9 Å². The van der Waals surface area contributed by atoms with Gasteiger partial charge in [0.25, 0.3) is 0 Å². The Labute approximate surface area is 126 Å². The van der Waals surface area contributed by atoms with Crippen molar-refractivity contribution in [2.24, 2.45) is 0 Å². The molecule has 0 aliphatic rings. The normalized spacial score (nSPS) is 12.7. The third kappa shape index (κ3) is 2.62. The minimum Gasteiger partial charge on any atom is -0.459 e. The molecule has 0 aliphatic heterocycles. The molecule has 0 bridgehead atoms. The number of halogens is 1. The number of hydrogen-bond donors (Lipinski definition) is 1. The van der Waals surface area contributed by atoms with Gasteiger partial charge in [0.05, 0.1) is 5.69 Å². The molecule has 1 atom stereocenters. The molecule has 0 spiro atoms. The van der Waals surface area contributed by atoms with E-state index in [9.17, 15) is 0 Å². The highest BCUT2D eigenvalue weighted by Crippen LogP contribution is 2.27. The van der Waals surface area contributed by atoms with Gasteiger partial charge in [-0.15, -0.1) is 0 Å². The molecule has 1 aromatic carbocycles. The fourth-order valence-corrected chi connectivity index (χ4v) is 2.49. The van der Waals surface area contributed by atoms with Crippen molar-refractivity contribution >= 4 is 26.9 Å². The first-order chi connectivity index (χ1) is 9.78. The van der Waals surface area contributed by atoms with E-state index in [0.29, 0.717) is 0 Å². The molecular weight excluding hydrogens is 316 g/mol. The number of para-hydroxylation sites is 1. The first kappa shape index (κ1) is 13.3. The number of hydrogen-bond acceptors (Lipinski definition) is 3. The van der Waals surface area contributed by atoms with Crippen LogP contribution in [0.5, 0.6) is 0 Å². The lowest BCUT2D eigenvalue weighted by atomic mass is 10.1. The molecule has 0 amide bonds. The number of nitrogens with zero attached hydrogens (tertiary/aromatic N) is 1. The van der Waals surface area contributed by atoms with Crippen molar-refractivity contribution in [2.75, 3.05) is 6.54 Å². The number of benzene rings is 1. The predicted octanol–water partition coefficient (Wildman–Crippen LogP) is 4.29. The molecular formula is C16H15BrN2O. The maximum absolute atomic E-state index is 5.95. The maximum atomic E-state index is 5.95. The van der Waals surface area contributed by atoms with Gasteiger partial charge < -0.3 is 9.73 Å². The standard InChI is InChI=1S/C16H15BrN2O/c1-2-18-16(13-8-7-12(17)10-19-13)15-9-11-5-3-4-6-14(11)20-15/h3-10,16,18H,2H2,1H3. The lowest BCUT2D eigenvalue weighted by Gasteiger charge is -2.14. The van der Waals surface area contributed by atoms with Crippen molar-refractivity contribution in [3.8, 4) is 0 Å². The van der Waals surface area contributed by atoms with Crippen LogP contribution in [0.4, 0.5) is 0 Å². The van der Waals surface area contributed by atoms with Crippen LogP contribution in [0.2, 0.25) is 0 Å². The molecule has 3 aromatic rings. The second-order valence-corrected chi connectivity index (χ2v) is 5.49. The van der Waals surface area contributed by atoms with E-state index in [1.807, 2.05) is 36.5 Å². The van der Waals surface area contributed by atoms with E-state index in [4.69, 9.17) is 4.42 Å². The topological polar surface area (TPSA) is 38.1 Å². The number of furan rings is 1. The first-order valence-electron chi connectivity index (χ1n) is 6.61. The minimum absolute atomic E-state index is 0.0273. The molecule has 0 saturated heterocycles. The Morgan fingerprint density at radius 1 is 1.25 bits per heavy atom. The van der Waals surface area contributed by atoms with Crippen molar-refractivity contribution < 1.29 is 4.42 Å². The third-order valence-corrected chi connectivity index (χ3v) is 3.65. The predicted molar refractivity (Wildman–Crippen MR) is 83.7 cm³/mol. The highest BCUT2D eigenvalue weighted by Gasteiger charge is 2.18. The van der Waals surface area contributed by atoms with E-state index in [-0.39, 0.29) is 6.04 Å². The Bertz CT molecular complexity index is 673. The van der Waals surface area contributed by atoms with Gasteiger partial charge in [-0.1, -0.05) is 25.1 Å². The van der Waals surface area contributed by atoms with E-state index in [1.165, 1.54) is 0 Å². The van der Waals surface area contributed by atoms with Crippen LogP contribution in [0, 0.1) is 0 Å². The van der Waals surface area contributed by atoms with E-state index in [0.717, 1.165) is 33.4 Å². The summed E-state index contributed by atoms with van der Waals surface area (Å²) in [5.74, 6) is 0.892. The summed E-state index contributed by atoms with van der Waals surface area (Å²) < 4.78 is 6.93. The van der Waals surface area contributed by atoms with E-state index >= 15 is 0 Å². The van der Waals surface area contributed by atoms with Crippen LogP contribution in [0.3, 0.4) is 0 Å². The van der Waals surface area contributed by atoms with Gasteiger partial charge in [0, 0.05) is 16.1 Å². The Hall–Kier alpha value is -1.65. The molecule has 0 aliphatic carbocycles. The van der Waals surface area contributed by atoms with E-state index in [2.05, 4.69) is 45.3 Å². The van der Waals surface area contributed by atoms with Gasteiger partial charge in [-0.3, -0.25) is 4.98 Å². The van der Waals surface area contributed by atoms with Crippen molar-refractivity contribution in [3.05, 3.63) is 64.6 Å². The van der Waals surface area contributed by atoms with Crippen LogP contribution in [-0.2, 0) is 0 Å². The summed E-state index contributed by atoms with van der Waals surface area (Å²) in [7, 11) is 0. The zero-order chi connectivity index (χ0) is 13.9. The molecule has 0 radical (unpaired) electrons. The monoisotopic (exact) mass is 330 g/mol.